The van der Waals surface area contributed by atoms with Crippen molar-refractivity contribution < 1.29 is 0 Å². The third-order valence-corrected chi connectivity index (χ3v) is 4.83. The second-order valence-electron chi connectivity index (χ2n) is 6.40. The molecular weight excluding hydrogens is 294 g/mol. The van der Waals surface area contributed by atoms with Gasteiger partial charge in [-0.1, -0.05) is 19.1 Å². The predicted octanol–water partition coefficient (Wildman–Crippen LogP) is 3.10. The number of aromatic nitrogens is 4. The van der Waals surface area contributed by atoms with E-state index in [0.29, 0.717) is 4.77 Å². The number of hydrogen-bond donors (Lipinski definition) is 0. The number of rotatable bonds is 3. The zero-order chi connectivity index (χ0) is 15.7. The highest BCUT2D eigenvalue weighted by Crippen LogP contribution is 2.18. The number of piperidine rings is 1. The molecule has 1 aromatic heterocycles. The third-order valence-electron chi connectivity index (χ3n) is 4.44. The lowest BCUT2D eigenvalue weighted by molar-refractivity contribution is 0.145. The predicted molar refractivity (Wildman–Crippen MR) is 89.6 cm³/mol. The van der Waals surface area contributed by atoms with Crippen LogP contribution in [0.3, 0.4) is 0 Å². The first kappa shape index (κ1) is 15.4. The van der Waals surface area contributed by atoms with Crippen LogP contribution in [-0.2, 0) is 6.67 Å². The van der Waals surface area contributed by atoms with Crippen LogP contribution in [0.5, 0.6) is 0 Å². The SMILES string of the molecule is Cc1ccc(C)c(-n2nnn(CN3CCC(C)CC3)c2=S)c1. The van der Waals surface area contributed by atoms with Gasteiger partial charge in [0.15, 0.2) is 0 Å². The van der Waals surface area contributed by atoms with Gasteiger partial charge in [-0.05, 0) is 72.4 Å². The molecule has 0 saturated carbocycles. The first-order valence-electron chi connectivity index (χ1n) is 7.87. The number of nitrogens with zero attached hydrogens (tertiary/aromatic N) is 5. The minimum absolute atomic E-state index is 0.660. The first-order chi connectivity index (χ1) is 10.5. The maximum atomic E-state index is 5.58. The Labute approximate surface area is 136 Å². The number of tetrazole rings is 1. The van der Waals surface area contributed by atoms with Crippen molar-refractivity contribution in [1.82, 2.24) is 24.7 Å². The maximum Gasteiger partial charge on any atom is 0.221 e. The molecule has 0 unspecified atom stereocenters. The summed E-state index contributed by atoms with van der Waals surface area (Å²) in [6, 6.07) is 6.30. The molecular formula is C16H23N5S. The fraction of sp³-hybridized carbons (Fsp3) is 0.562. The maximum absolute atomic E-state index is 5.58. The molecule has 0 amide bonds. The van der Waals surface area contributed by atoms with Gasteiger partial charge < -0.3 is 0 Å². The molecule has 2 aromatic rings. The van der Waals surface area contributed by atoms with Gasteiger partial charge in [0.05, 0.1) is 12.4 Å². The molecule has 5 nitrogen and oxygen atoms in total. The lowest BCUT2D eigenvalue weighted by Crippen LogP contribution is -2.34. The van der Waals surface area contributed by atoms with Gasteiger partial charge in [-0.25, -0.2) is 4.68 Å². The van der Waals surface area contributed by atoms with E-state index in [2.05, 4.69) is 54.3 Å². The minimum Gasteiger partial charge on any atom is -0.284 e. The highest BCUT2D eigenvalue weighted by molar-refractivity contribution is 7.71. The Hall–Kier alpha value is -1.53. The Morgan fingerprint density at radius 1 is 1.18 bits per heavy atom. The molecule has 1 aromatic carbocycles. The molecule has 0 aliphatic carbocycles. The lowest BCUT2D eigenvalue weighted by atomic mass is 10.00. The van der Waals surface area contributed by atoms with Gasteiger partial charge in [0.1, 0.15) is 0 Å². The number of aryl methyl sites for hydroxylation is 2. The summed E-state index contributed by atoms with van der Waals surface area (Å²) in [5.41, 5.74) is 3.37. The van der Waals surface area contributed by atoms with Gasteiger partial charge in [-0.3, -0.25) is 4.90 Å². The summed E-state index contributed by atoms with van der Waals surface area (Å²) < 4.78 is 4.25. The molecule has 1 aliphatic heterocycles. The number of hydrogen-bond acceptors (Lipinski definition) is 4. The zero-order valence-electron chi connectivity index (χ0n) is 13.5. The molecule has 1 fully saturated rings. The van der Waals surface area contributed by atoms with Gasteiger partial charge in [-0.2, -0.15) is 4.68 Å². The van der Waals surface area contributed by atoms with E-state index in [1.54, 1.807) is 4.68 Å². The van der Waals surface area contributed by atoms with Crippen molar-refractivity contribution in [3.8, 4) is 5.69 Å². The van der Waals surface area contributed by atoms with E-state index in [-0.39, 0.29) is 0 Å². The second-order valence-corrected chi connectivity index (χ2v) is 6.77. The van der Waals surface area contributed by atoms with Crippen molar-refractivity contribution in [3.63, 3.8) is 0 Å². The van der Waals surface area contributed by atoms with Crippen molar-refractivity contribution in [2.45, 2.75) is 40.3 Å². The molecule has 0 atom stereocenters. The van der Waals surface area contributed by atoms with E-state index < -0.39 is 0 Å². The molecule has 22 heavy (non-hydrogen) atoms. The monoisotopic (exact) mass is 317 g/mol. The van der Waals surface area contributed by atoms with E-state index in [0.717, 1.165) is 36.9 Å². The quantitative estimate of drug-likeness (QED) is 0.816. The van der Waals surface area contributed by atoms with Crippen LogP contribution >= 0.6 is 12.2 Å². The Kier molecular flexibility index (Phi) is 4.40. The topological polar surface area (TPSA) is 38.9 Å². The van der Waals surface area contributed by atoms with E-state index in [9.17, 15) is 0 Å². The van der Waals surface area contributed by atoms with Gasteiger partial charge in [-0.15, -0.1) is 0 Å². The molecule has 3 rings (SSSR count). The van der Waals surface area contributed by atoms with Crippen LogP contribution in [0.2, 0.25) is 0 Å². The van der Waals surface area contributed by atoms with E-state index in [1.165, 1.54) is 18.4 Å². The van der Waals surface area contributed by atoms with Crippen molar-refractivity contribution in [2.75, 3.05) is 13.1 Å². The first-order valence-corrected chi connectivity index (χ1v) is 8.28. The highest BCUT2D eigenvalue weighted by atomic mass is 32.1. The number of likely N-dealkylation sites (tertiary alicyclic amines) is 1. The van der Waals surface area contributed by atoms with Gasteiger partial charge in [0, 0.05) is 13.1 Å². The Balaban J connectivity index is 1.83. The average Bonchev–Trinajstić information content (AvgIpc) is 2.85. The normalized spacial score (nSPS) is 17.0. The molecule has 0 N–H and O–H groups in total. The minimum atomic E-state index is 0.660. The van der Waals surface area contributed by atoms with E-state index >= 15 is 0 Å². The molecule has 0 radical (unpaired) electrons. The second kappa shape index (κ2) is 6.30. The highest BCUT2D eigenvalue weighted by Gasteiger charge is 2.17. The van der Waals surface area contributed by atoms with E-state index in [4.69, 9.17) is 12.2 Å². The van der Waals surface area contributed by atoms with Gasteiger partial charge in [0.2, 0.25) is 4.77 Å². The van der Waals surface area contributed by atoms with Gasteiger partial charge in [0.25, 0.3) is 0 Å². The zero-order valence-corrected chi connectivity index (χ0v) is 14.3. The smallest absolute Gasteiger partial charge is 0.221 e. The molecule has 2 heterocycles. The summed E-state index contributed by atoms with van der Waals surface area (Å²) in [7, 11) is 0. The fourth-order valence-corrected chi connectivity index (χ4v) is 3.08. The van der Waals surface area contributed by atoms with Crippen LogP contribution < -0.4 is 0 Å². The molecule has 0 spiro atoms. The standard InChI is InChI=1S/C16H23N5S/c1-12-6-8-19(9-7-12)11-20-16(22)21(18-17-20)15-10-13(2)4-5-14(15)3/h4-5,10,12H,6-9,11H2,1-3H3. The molecule has 1 aliphatic rings. The third kappa shape index (κ3) is 3.13. The van der Waals surface area contributed by atoms with Crippen molar-refractivity contribution in [3.05, 3.63) is 34.1 Å². The van der Waals surface area contributed by atoms with Crippen molar-refractivity contribution in [1.29, 1.82) is 0 Å². The Bertz CT molecular complexity index is 710. The van der Waals surface area contributed by atoms with Crippen molar-refractivity contribution >= 4 is 12.2 Å². The summed E-state index contributed by atoms with van der Waals surface area (Å²) in [5.74, 6) is 0.829. The summed E-state index contributed by atoms with van der Waals surface area (Å²) >= 11 is 5.58. The van der Waals surface area contributed by atoms with Crippen LogP contribution in [0.25, 0.3) is 5.69 Å². The van der Waals surface area contributed by atoms with Crippen LogP contribution in [0.15, 0.2) is 18.2 Å². The average molecular weight is 317 g/mol. The lowest BCUT2D eigenvalue weighted by Gasteiger charge is -2.29. The van der Waals surface area contributed by atoms with Gasteiger partial charge >= 0.3 is 0 Å². The van der Waals surface area contributed by atoms with Crippen LogP contribution in [-0.4, -0.2) is 37.8 Å². The van der Waals surface area contributed by atoms with Crippen LogP contribution in [0, 0.1) is 24.5 Å². The molecule has 6 heteroatoms. The van der Waals surface area contributed by atoms with E-state index in [1.807, 2.05) is 4.68 Å². The van der Waals surface area contributed by atoms with Crippen LogP contribution in [0.1, 0.15) is 30.9 Å². The molecule has 118 valence electrons. The molecule has 1 saturated heterocycles. The summed E-state index contributed by atoms with van der Waals surface area (Å²) in [5, 5.41) is 8.53. The summed E-state index contributed by atoms with van der Waals surface area (Å²) in [6.07, 6.45) is 2.50. The fourth-order valence-electron chi connectivity index (χ4n) is 2.85. The largest absolute Gasteiger partial charge is 0.284 e. The summed E-state index contributed by atoms with van der Waals surface area (Å²) in [6.45, 7) is 9.42. The molecule has 0 bridgehead atoms. The van der Waals surface area contributed by atoms with Crippen molar-refractivity contribution in [2.24, 2.45) is 5.92 Å². The Morgan fingerprint density at radius 3 is 2.64 bits per heavy atom. The Morgan fingerprint density at radius 2 is 1.91 bits per heavy atom. The summed E-state index contributed by atoms with van der Waals surface area (Å²) in [4.78, 5) is 2.40. The van der Waals surface area contributed by atoms with Crippen LogP contribution in [0.4, 0.5) is 0 Å². The number of benzene rings is 1.